The van der Waals surface area contributed by atoms with E-state index in [-0.39, 0.29) is 12.5 Å². The molecule has 6 nitrogen and oxygen atoms in total. The van der Waals surface area contributed by atoms with Crippen molar-refractivity contribution in [1.29, 1.82) is 0 Å². The van der Waals surface area contributed by atoms with Gasteiger partial charge in [-0.25, -0.2) is 0 Å². The third-order valence-electron chi connectivity index (χ3n) is 4.65. The number of aryl methyl sites for hydroxylation is 1. The van der Waals surface area contributed by atoms with Gasteiger partial charge < -0.3 is 10.4 Å². The van der Waals surface area contributed by atoms with Crippen molar-refractivity contribution in [2.75, 3.05) is 6.54 Å². The molecule has 1 atom stereocenters. The van der Waals surface area contributed by atoms with Crippen LogP contribution in [0, 0.1) is 0 Å². The molecule has 1 aliphatic carbocycles. The second-order valence-corrected chi connectivity index (χ2v) is 6.24. The maximum atomic E-state index is 12.4. The summed E-state index contributed by atoms with van der Waals surface area (Å²) in [6.45, 7) is 0.197. The molecule has 24 heavy (non-hydrogen) atoms. The van der Waals surface area contributed by atoms with Gasteiger partial charge in [-0.2, -0.15) is 0 Å². The van der Waals surface area contributed by atoms with E-state index in [4.69, 9.17) is 0 Å². The Hall–Kier alpha value is -2.73. The summed E-state index contributed by atoms with van der Waals surface area (Å²) in [5, 5.41) is 21.6. The Balaban J connectivity index is 1.53. The Morgan fingerprint density at radius 2 is 2.17 bits per heavy atom. The average Bonchev–Trinajstić information content (AvgIpc) is 3.08. The topological polar surface area (TPSA) is 79.5 Å². The van der Waals surface area contributed by atoms with Crippen LogP contribution in [0.4, 0.5) is 0 Å². The zero-order chi connectivity index (χ0) is 16.6. The number of rotatable bonds is 3. The molecule has 0 bridgehead atoms. The number of hydrogen-bond donors (Lipinski definition) is 2. The van der Waals surface area contributed by atoms with Crippen molar-refractivity contribution in [3.63, 3.8) is 0 Å². The minimum atomic E-state index is -1.01. The first kappa shape index (κ1) is 14.8. The second-order valence-electron chi connectivity index (χ2n) is 6.24. The number of aromatic nitrogens is 3. The van der Waals surface area contributed by atoms with E-state index in [1.54, 1.807) is 29.1 Å². The van der Waals surface area contributed by atoms with Crippen LogP contribution in [0.5, 0.6) is 0 Å². The number of aliphatic hydroxyl groups is 1. The van der Waals surface area contributed by atoms with Gasteiger partial charge in [0.2, 0.25) is 0 Å². The van der Waals surface area contributed by atoms with Crippen molar-refractivity contribution in [3.8, 4) is 0 Å². The summed E-state index contributed by atoms with van der Waals surface area (Å²) in [5.41, 5.74) is 2.27. The lowest BCUT2D eigenvalue weighted by Crippen LogP contribution is -2.43. The van der Waals surface area contributed by atoms with E-state index in [0.29, 0.717) is 17.6 Å². The van der Waals surface area contributed by atoms with Gasteiger partial charge in [0, 0.05) is 6.20 Å². The van der Waals surface area contributed by atoms with Crippen LogP contribution in [0.15, 0.2) is 48.9 Å². The third-order valence-corrected chi connectivity index (χ3v) is 4.65. The van der Waals surface area contributed by atoms with E-state index in [1.807, 2.05) is 24.3 Å². The van der Waals surface area contributed by atoms with Crippen LogP contribution < -0.4 is 5.32 Å². The van der Waals surface area contributed by atoms with E-state index < -0.39 is 5.60 Å². The Bertz CT molecular complexity index is 905. The van der Waals surface area contributed by atoms with Gasteiger partial charge in [-0.15, -0.1) is 10.2 Å². The van der Waals surface area contributed by atoms with Crippen LogP contribution in [-0.2, 0) is 12.0 Å². The minimum Gasteiger partial charge on any atom is -0.383 e. The Labute approximate surface area is 139 Å². The number of carbonyl (C=O) groups excluding carboxylic acids is 1. The molecular formula is C18H18N4O2. The second kappa shape index (κ2) is 5.72. The molecule has 0 aliphatic heterocycles. The fraction of sp³-hybridized carbons (Fsp3) is 0.278. The number of nitrogens with zero attached hydrogens (tertiary/aromatic N) is 3. The molecule has 0 saturated carbocycles. The molecule has 3 aromatic rings. The van der Waals surface area contributed by atoms with E-state index in [0.717, 1.165) is 24.0 Å². The molecule has 0 radical (unpaired) electrons. The number of benzene rings is 1. The molecule has 4 rings (SSSR count). The quantitative estimate of drug-likeness (QED) is 0.769. The van der Waals surface area contributed by atoms with Crippen LogP contribution in [-0.4, -0.2) is 32.2 Å². The Morgan fingerprint density at radius 3 is 3.08 bits per heavy atom. The van der Waals surface area contributed by atoms with Gasteiger partial charge in [0.15, 0.2) is 5.65 Å². The van der Waals surface area contributed by atoms with Crippen LogP contribution in [0.1, 0.15) is 34.3 Å². The molecule has 1 aromatic carbocycles. The summed E-state index contributed by atoms with van der Waals surface area (Å²) in [4.78, 5) is 12.4. The van der Waals surface area contributed by atoms with Crippen LogP contribution >= 0.6 is 0 Å². The van der Waals surface area contributed by atoms with Crippen molar-refractivity contribution in [3.05, 3.63) is 65.6 Å². The molecular weight excluding hydrogens is 304 g/mol. The number of carbonyl (C=O) groups is 1. The normalized spacial score (nSPS) is 19.9. The minimum absolute atomic E-state index is 0.197. The largest absolute Gasteiger partial charge is 0.383 e. The van der Waals surface area contributed by atoms with Crippen molar-refractivity contribution >= 4 is 11.6 Å². The molecule has 0 fully saturated rings. The SMILES string of the molecule is O=C(NCC1(O)CCCc2ccccc21)c1ccc2nncn2c1. The summed E-state index contributed by atoms with van der Waals surface area (Å²) >= 11 is 0. The number of pyridine rings is 1. The van der Waals surface area contributed by atoms with Crippen molar-refractivity contribution < 1.29 is 9.90 Å². The fourth-order valence-electron chi connectivity index (χ4n) is 3.37. The van der Waals surface area contributed by atoms with Crippen LogP contribution in [0.25, 0.3) is 5.65 Å². The molecule has 2 N–H and O–H groups in total. The monoisotopic (exact) mass is 322 g/mol. The Kier molecular flexibility index (Phi) is 3.54. The lowest BCUT2D eigenvalue weighted by atomic mass is 9.79. The molecule has 0 saturated heterocycles. The Morgan fingerprint density at radius 1 is 1.29 bits per heavy atom. The fourth-order valence-corrected chi connectivity index (χ4v) is 3.37. The lowest BCUT2D eigenvalue weighted by Gasteiger charge is -2.34. The van der Waals surface area contributed by atoms with Gasteiger partial charge in [0.25, 0.3) is 5.91 Å². The van der Waals surface area contributed by atoms with Crippen LogP contribution in [0.2, 0.25) is 0 Å². The molecule has 1 unspecified atom stereocenters. The summed E-state index contributed by atoms with van der Waals surface area (Å²) in [7, 11) is 0. The van der Waals surface area contributed by atoms with Crippen molar-refractivity contribution in [1.82, 2.24) is 19.9 Å². The highest BCUT2D eigenvalue weighted by Gasteiger charge is 2.34. The van der Waals surface area contributed by atoms with Crippen molar-refractivity contribution in [2.24, 2.45) is 0 Å². The predicted octanol–water partition coefficient (Wildman–Crippen LogP) is 1.68. The van der Waals surface area contributed by atoms with Gasteiger partial charge in [0.05, 0.1) is 12.1 Å². The summed E-state index contributed by atoms with van der Waals surface area (Å²) in [6, 6.07) is 11.4. The molecule has 2 aromatic heterocycles. The first-order valence-corrected chi connectivity index (χ1v) is 8.04. The molecule has 2 heterocycles. The number of hydrogen-bond acceptors (Lipinski definition) is 4. The van der Waals surface area contributed by atoms with Gasteiger partial charge in [-0.3, -0.25) is 9.20 Å². The number of nitrogens with one attached hydrogen (secondary N) is 1. The van der Waals surface area contributed by atoms with Crippen LogP contribution in [0.3, 0.4) is 0 Å². The molecule has 122 valence electrons. The first-order chi connectivity index (χ1) is 11.7. The lowest BCUT2D eigenvalue weighted by molar-refractivity contribution is 0.0189. The molecule has 6 heteroatoms. The number of fused-ring (bicyclic) bond motifs is 2. The van der Waals surface area contributed by atoms with E-state index >= 15 is 0 Å². The first-order valence-electron chi connectivity index (χ1n) is 8.04. The highest BCUT2D eigenvalue weighted by molar-refractivity contribution is 5.94. The van der Waals surface area contributed by atoms with Gasteiger partial charge in [-0.05, 0) is 42.5 Å². The average molecular weight is 322 g/mol. The van der Waals surface area contributed by atoms with Gasteiger partial charge in [0.1, 0.15) is 11.9 Å². The molecule has 0 spiro atoms. The van der Waals surface area contributed by atoms with Gasteiger partial charge >= 0.3 is 0 Å². The summed E-state index contributed by atoms with van der Waals surface area (Å²) in [6.07, 6.45) is 5.77. The third kappa shape index (κ3) is 2.55. The highest BCUT2D eigenvalue weighted by atomic mass is 16.3. The maximum Gasteiger partial charge on any atom is 0.252 e. The van der Waals surface area contributed by atoms with Crippen molar-refractivity contribution in [2.45, 2.75) is 24.9 Å². The predicted molar refractivity (Wildman–Crippen MR) is 88.6 cm³/mol. The van der Waals surface area contributed by atoms with E-state index in [9.17, 15) is 9.90 Å². The molecule has 1 aliphatic rings. The van der Waals surface area contributed by atoms with E-state index in [2.05, 4.69) is 15.5 Å². The molecule has 1 amide bonds. The van der Waals surface area contributed by atoms with Gasteiger partial charge in [-0.1, -0.05) is 24.3 Å². The summed E-state index contributed by atoms with van der Waals surface area (Å²) < 4.78 is 1.69. The number of amides is 1. The smallest absolute Gasteiger partial charge is 0.252 e. The maximum absolute atomic E-state index is 12.4. The highest BCUT2D eigenvalue weighted by Crippen LogP contribution is 2.34. The zero-order valence-electron chi connectivity index (χ0n) is 13.1. The zero-order valence-corrected chi connectivity index (χ0v) is 13.1. The summed E-state index contributed by atoms with van der Waals surface area (Å²) in [5.74, 6) is -0.220. The standard InChI is InChI=1S/C18H18N4O2/c23-17(14-7-8-16-21-20-12-22(16)10-14)19-11-18(24)9-3-5-13-4-1-2-6-15(13)18/h1-2,4,6-8,10,12,24H,3,5,9,11H2,(H,19,23). The van der Waals surface area contributed by atoms with E-state index in [1.165, 1.54) is 0 Å².